The van der Waals surface area contributed by atoms with Crippen LogP contribution >= 0.6 is 0 Å². The molecule has 1 aliphatic rings. The Labute approximate surface area is 139 Å². The molecule has 1 amide bonds. The standard InChI is InChI=1S/C18H29N3O2/c1-13(2)17(19)18(22)20-12-15(21-10-6-7-11-21)14-8-4-5-9-16(14)23-3/h4-5,8-9,13,15,17H,6-7,10-12,19H2,1-3H3,(H,20,22)/t15?,17-/m0/s1. The third-order valence-corrected chi connectivity index (χ3v) is 4.57. The van der Waals surface area contributed by atoms with E-state index in [1.54, 1.807) is 7.11 Å². The number of carbonyl (C=O) groups excluding carboxylic acids is 1. The van der Waals surface area contributed by atoms with Gasteiger partial charge in [-0.1, -0.05) is 32.0 Å². The fraction of sp³-hybridized carbons (Fsp3) is 0.611. The highest BCUT2D eigenvalue weighted by atomic mass is 16.5. The maximum absolute atomic E-state index is 12.2. The Morgan fingerprint density at radius 3 is 2.57 bits per heavy atom. The first-order valence-corrected chi connectivity index (χ1v) is 8.45. The first-order valence-electron chi connectivity index (χ1n) is 8.45. The number of likely N-dealkylation sites (tertiary alicyclic amines) is 1. The molecular weight excluding hydrogens is 290 g/mol. The summed E-state index contributed by atoms with van der Waals surface area (Å²) in [5.74, 6) is 0.914. The van der Waals surface area contributed by atoms with Gasteiger partial charge in [0.15, 0.2) is 0 Å². The van der Waals surface area contributed by atoms with Crippen LogP contribution in [0, 0.1) is 5.92 Å². The van der Waals surface area contributed by atoms with Gasteiger partial charge in [-0.2, -0.15) is 0 Å². The molecule has 0 bridgehead atoms. The maximum Gasteiger partial charge on any atom is 0.237 e. The van der Waals surface area contributed by atoms with E-state index < -0.39 is 6.04 Å². The van der Waals surface area contributed by atoms with Crippen LogP contribution in [-0.4, -0.2) is 43.6 Å². The van der Waals surface area contributed by atoms with E-state index >= 15 is 0 Å². The summed E-state index contributed by atoms with van der Waals surface area (Å²) in [6, 6.07) is 7.69. The van der Waals surface area contributed by atoms with Crippen molar-refractivity contribution in [2.75, 3.05) is 26.7 Å². The average molecular weight is 319 g/mol. The molecular formula is C18H29N3O2. The summed E-state index contributed by atoms with van der Waals surface area (Å²) in [5.41, 5.74) is 7.06. The van der Waals surface area contributed by atoms with Crippen LogP contribution < -0.4 is 15.8 Å². The Bertz CT molecular complexity index is 513. The molecule has 1 unspecified atom stereocenters. The van der Waals surface area contributed by atoms with Crippen LogP contribution in [-0.2, 0) is 4.79 Å². The number of nitrogens with one attached hydrogen (secondary N) is 1. The van der Waals surface area contributed by atoms with Crippen molar-refractivity contribution in [2.24, 2.45) is 11.7 Å². The zero-order valence-corrected chi connectivity index (χ0v) is 14.4. The van der Waals surface area contributed by atoms with Crippen LogP contribution in [0.4, 0.5) is 0 Å². The molecule has 5 heteroatoms. The lowest BCUT2D eigenvalue weighted by Gasteiger charge is -2.30. The van der Waals surface area contributed by atoms with Gasteiger partial charge in [0.05, 0.1) is 19.2 Å². The SMILES string of the molecule is COc1ccccc1C(CNC(=O)[C@@H](N)C(C)C)N1CCCC1. The summed E-state index contributed by atoms with van der Waals surface area (Å²) in [7, 11) is 1.69. The van der Waals surface area contributed by atoms with Gasteiger partial charge < -0.3 is 15.8 Å². The van der Waals surface area contributed by atoms with Gasteiger partial charge in [-0.15, -0.1) is 0 Å². The van der Waals surface area contributed by atoms with Crippen molar-refractivity contribution >= 4 is 5.91 Å². The summed E-state index contributed by atoms with van der Waals surface area (Å²) in [6.07, 6.45) is 2.40. The summed E-state index contributed by atoms with van der Waals surface area (Å²) >= 11 is 0. The molecule has 2 atom stereocenters. The Kier molecular flexibility index (Phi) is 6.42. The van der Waals surface area contributed by atoms with E-state index in [1.165, 1.54) is 12.8 Å². The van der Waals surface area contributed by atoms with Crippen LogP contribution in [0.5, 0.6) is 5.75 Å². The molecule has 1 aliphatic heterocycles. The van der Waals surface area contributed by atoms with E-state index in [0.717, 1.165) is 24.4 Å². The normalized spacial score (nSPS) is 18.0. The lowest BCUT2D eigenvalue weighted by molar-refractivity contribution is -0.123. The highest BCUT2D eigenvalue weighted by Gasteiger charge is 2.27. The Balaban J connectivity index is 2.13. The smallest absolute Gasteiger partial charge is 0.237 e. The molecule has 0 saturated carbocycles. The van der Waals surface area contributed by atoms with E-state index in [4.69, 9.17) is 10.5 Å². The van der Waals surface area contributed by atoms with Crippen molar-refractivity contribution in [3.63, 3.8) is 0 Å². The van der Waals surface area contributed by atoms with Crippen LogP contribution in [0.2, 0.25) is 0 Å². The fourth-order valence-electron chi connectivity index (χ4n) is 3.05. The summed E-state index contributed by atoms with van der Waals surface area (Å²) in [6.45, 7) is 6.58. The molecule has 0 radical (unpaired) electrons. The van der Waals surface area contributed by atoms with Gasteiger partial charge in [0, 0.05) is 12.1 Å². The number of benzene rings is 1. The topological polar surface area (TPSA) is 67.6 Å². The van der Waals surface area contributed by atoms with E-state index in [2.05, 4.69) is 16.3 Å². The summed E-state index contributed by atoms with van der Waals surface area (Å²) in [4.78, 5) is 14.6. The minimum Gasteiger partial charge on any atom is -0.496 e. The molecule has 0 spiro atoms. The number of nitrogens with zero attached hydrogens (tertiary/aromatic N) is 1. The molecule has 1 aromatic rings. The van der Waals surface area contributed by atoms with Crippen LogP contribution in [0.1, 0.15) is 38.3 Å². The van der Waals surface area contributed by atoms with Gasteiger partial charge in [-0.25, -0.2) is 0 Å². The van der Waals surface area contributed by atoms with E-state index in [0.29, 0.717) is 6.54 Å². The highest BCUT2D eigenvalue weighted by molar-refractivity contribution is 5.81. The molecule has 128 valence electrons. The Hall–Kier alpha value is -1.59. The first kappa shape index (κ1) is 17.8. The third-order valence-electron chi connectivity index (χ3n) is 4.57. The van der Waals surface area contributed by atoms with Crippen molar-refractivity contribution in [3.8, 4) is 5.75 Å². The summed E-state index contributed by atoms with van der Waals surface area (Å²) in [5, 5.41) is 3.03. The second-order valence-electron chi connectivity index (χ2n) is 6.52. The van der Waals surface area contributed by atoms with Crippen LogP contribution in [0.15, 0.2) is 24.3 Å². The lowest BCUT2D eigenvalue weighted by Crippen LogP contribution is -2.46. The van der Waals surface area contributed by atoms with Gasteiger partial charge in [-0.05, 0) is 37.9 Å². The van der Waals surface area contributed by atoms with E-state index in [1.807, 2.05) is 32.0 Å². The third kappa shape index (κ3) is 4.45. The number of hydrogen-bond donors (Lipinski definition) is 2. The van der Waals surface area contributed by atoms with Crippen molar-refractivity contribution < 1.29 is 9.53 Å². The van der Waals surface area contributed by atoms with Crippen molar-refractivity contribution in [1.82, 2.24) is 10.2 Å². The van der Waals surface area contributed by atoms with Crippen molar-refractivity contribution in [3.05, 3.63) is 29.8 Å². The number of nitrogens with two attached hydrogens (primary N) is 1. The zero-order valence-electron chi connectivity index (χ0n) is 14.4. The van der Waals surface area contributed by atoms with Gasteiger partial charge in [0.1, 0.15) is 5.75 Å². The van der Waals surface area contributed by atoms with Gasteiger partial charge in [0.2, 0.25) is 5.91 Å². The fourth-order valence-corrected chi connectivity index (χ4v) is 3.05. The van der Waals surface area contributed by atoms with E-state index in [-0.39, 0.29) is 17.9 Å². The molecule has 0 aromatic heterocycles. The monoisotopic (exact) mass is 319 g/mol. The summed E-state index contributed by atoms with van der Waals surface area (Å²) < 4.78 is 5.51. The van der Waals surface area contributed by atoms with Crippen LogP contribution in [0.25, 0.3) is 0 Å². The lowest BCUT2D eigenvalue weighted by atomic mass is 10.0. The minimum atomic E-state index is -0.466. The number of amides is 1. The molecule has 3 N–H and O–H groups in total. The maximum atomic E-state index is 12.2. The molecule has 1 heterocycles. The average Bonchev–Trinajstić information content (AvgIpc) is 3.08. The number of ether oxygens (including phenoxy) is 1. The second kappa shape index (κ2) is 8.31. The number of para-hydroxylation sites is 1. The second-order valence-corrected chi connectivity index (χ2v) is 6.52. The molecule has 1 saturated heterocycles. The largest absolute Gasteiger partial charge is 0.496 e. The molecule has 1 fully saturated rings. The predicted molar refractivity (Wildman–Crippen MR) is 92.4 cm³/mol. The molecule has 1 aromatic carbocycles. The number of carbonyl (C=O) groups is 1. The van der Waals surface area contributed by atoms with Crippen LogP contribution in [0.3, 0.4) is 0 Å². The molecule has 2 rings (SSSR count). The molecule has 23 heavy (non-hydrogen) atoms. The molecule has 5 nitrogen and oxygen atoms in total. The zero-order chi connectivity index (χ0) is 16.8. The highest BCUT2D eigenvalue weighted by Crippen LogP contribution is 2.31. The number of hydrogen-bond acceptors (Lipinski definition) is 4. The molecule has 0 aliphatic carbocycles. The number of methoxy groups -OCH3 is 1. The first-order chi connectivity index (χ1) is 11.0. The number of rotatable bonds is 7. The van der Waals surface area contributed by atoms with Crippen molar-refractivity contribution in [2.45, 2.75) is 38.8 Å². The van der Waals surface area contributed by atoms with Gasteiger partial charge in [-0.3, -0.25) is 9.69 Å². The Morgan fingerprint density at radius 1 is 1.30 bits per heavy atom. The van der Waals surface area contributed by atoms with E-state index in [9.17, 15) is 4.79 Å². The van der Waals surface area contributed by atoms with Gasteiger partial charge >= 0.3 is 0 Å². The van der Waals surface area contributed by atoms with Crippen molar-refractivity contribution in [1.29, 1.82) is 0 Å². The predicted octanol–water partition coefficient (Wildman–Crippen LogP) is 1.93. The van der Waals surface area contributed by atoms with Gasteiger partial charge in [0.25, 0.3) is 0 Å². The Morgan fingerprint density at radius 2 is 1.96 bits per heavy atom. The minimum absolute atomic E-state index is 0.0842. The quantitative estimate of drug-likeness (QED) is 0.806.